The topological polar surface area (TPSA) is 128 Å². The molecule has 2 saturated heterocycles. The second-order valence-electron chi connectivity index (χ2n) is 7.87. The van der Waals surface area contributed by atoms with Crippen LogP contribution in [0.1, 0.15) is 25.8 Å². The van der Waals surface area contributed by atoms with Crippen molar-refractivity contribution in [1.82, 2.24) is 34.6 Å². The van der Waals surface area contributed by atoms with Crippen molar-refractivity contribution in [3.8, 4) is 11.3 Å². The smallest absolute Gasteiger partial charge is 0.228 e. The zero-order chi connectivity index (χ0) is 21.4. The molecule has 0 saturated carbocycles. The van der Waals surface area contributed by atoms with Gasteiger partial charge in [-0.3, -0.25) is 4.79 Å². The van der Waals surface area contributed by atoms with Gasteiger partial charge in [-0.15, -0.1) is 0 Å². The molecule has 11 heteroatoms. The van der Waals surface area contributed by atoms with Crippen molar-refractivity contribution < 1.29 is 9.53 Å². The van der Waals surface area contributed by atoms with Crippen LogP contribution in [0.4, 0.5) is 11.9 Å². The molecule has 5 rings (SSSR count). The predicted octanol–water partition coefficient (Wildman–Crippen LogP) is 0.885. The molecule has 0 spiro atoms. The largest absolute Gasteiger partial charge is 0.378 e. The number of likely N-dealkylation sites (tertiary alicyclic amines) is 1. The maximum Gasteiger partial charge on any atom is 0.228 e. The Balaban J connectivity index is 1.57. The number of hydrogen-bond donors (Lipinski definition) is 1. The molecule has 0 atom stereocenters. The number of morpholine rings is 1. The first-order valence-electron chi connectivity index (χ1n) is 10.5. The summed E-state index contributed by atoms with van der Waals surface area (Å²) in [5.74, 6) is 0.979. The molecule has 0 aliphatic carbocycles. The lowest BCUT2D eigenvalue weighted by Crippen LogP contribution is -2.38. The monoisotopic (exact) mass is 423 g/mol. The van der Waals surface area contributed by atoms with Gasteiger partial charge < -0.3 is 20.3 Å². The van der Waals surface area contributed by atoms with Crippen molar-refractivity contribution >= 4 is 28.8 Å². The van der Waals surface area contributed by atoms with E-state index in [2.05, 4.69) is 20.0 Å². The lowest BCUT2D eigenvalue weighted by Gasteiger charge is -2.31. The number of anilines is 2. The standard InChI is InChI=1S/C20H25N9O2/c1-13(30)27-4-2-15(3-5-27)29-18-16(12-24-29)17(14-10-22-19(21)23-11-14)25-20(26-18)28-6-8-31-9-7-28/h10-12,15H,2-9H2,1H3,(H2,21,22,23). The highest BCUT2D eigenvalue weighted by atomic mass is 16.5. The van der Waals surface area contributed by atoms with E-state index in [4.69, 9.17) is 20.4 Å². The molecule has 0 unspecified atom stereocenters. The maximum atomic E-state index is 11.7. The Labute approximate surface area is 179 Å². The molecule has 31 heavy (non-hydrogen) atoms. The third kappa shape index (κ3) is 3.76. The average Bonchev–Trinajstić information content (AvgIpc) is 3.24. The second-order valence-corrected chi connectivity index (χ2v) is 7.87. The van der Waals surface area contributed by atoms with E-state index in [1.165, 1.54) is 0 Å². The lowest BCUT2D eigenvalue weighted by molar-refractivity contribution is -0.130. The zero-order valence-electron chi connectivity index (χ0n) is 17.4. The van der Waals surface area contributed by atoms with Crippen LogP contribution in [0, 0.1) is 0 Å². The number of carbonyl (C=O) groups is 1. The van der Waals surface area contributed by atoms with E-state index in [9.17, 15) is 4.79 Å². The number of rotatable bonds is 3. The van der Waals surface area contributed by atoms with E-state index in [0.29, 0.717) is 19.2 Å². The fourth-order valence-electron chi connectivity index (χ4n) is 4.19. The van der Waals surface area contributed by atoms with Crippen molar-refractivity contribution in [1.29, 1.82) is 0 Å². The fraction of sp³-hybridized carbons (Fsp3) is 0.500. The molecule has 11 nitrogen and oxygen atoms in total. The van der Waals surface area contributed by atoms with Gasteiger partial charge in [-0.25, -0.2) is 19.6 Å². The molecular weight excluding hydrogens is 398 g/mol. The van der Waals surface area contributed by atoms with Crippen LogP contribution in [0.15, 0.2) is 18.6 Å². The molecule has 3 aromatic heterocycles. The van der Waals surface area contributed by atoms with Crippen molar-refractivity contribution in [2.45, 2.75) is 25.8 Å². The summed E-state index contributed by atoms with van der Waals surface area (Å²) in [6.45, 7) is 5.81. The summed E-state index contributed by atoms with van der Waals surface area (Å²) in [6.07, 6.45) is 6.84. The third-order valence-corrected chi connectivity index (χ3v) is 5.94. The SMILES string of the molecule is CC(=O)N1CCC(n2ncc3c(-c4cnc(N)nc4)nc(N4CCOCC4)nc32)CC1. The Bertz CT molecular complexity index is 1080. The number of piperidine rings is 1. The zero-order valence-corrected chi connectivity index (χ0v) is 17.4. The number of fused-ring (bicyclic) bond motifs is 1. The highest BCUT2D eigenvalue weighted by Crippen LogP contribution is 2.31. The van der Waals surface area contributed by atoms with Crippen molar-refractivity contribution in [2.24, 2.45) is 0 Å². The Morgan fingerprint density at radius 1 is 1.06 bits per heavy atom. The molecule has 5 heterocycles. The van der Waals surface area contributed by atoms with Crippen molar-refractivity contribution in [2.75, 3.05) is 50.0 Å². The number of hydrogen-bond acceptors (Lipinski definition) is 9. The van der Waals surface area contributed by atoms with Gasteiger partial charge in [0.25, 0.3) is 0 Å². The van der Waals surface area contributed by atoms with Gasteiger partial charge >= 0.3 is 0 Å². The van der Waals surface area contributed by atoms with Crippen LogP contribution in [0.5, 0.6) is 0 Å². The number of amides is 1. The van der Waals surface area contributed by atoms with Crippen LogP contribution in [0.2, 0.25) is 0 Å². The first-order valence-corrected chi connectivity index (χ1v) is 10.5. The summed E-state index contributed by atoms with van der Waals surface area (Å²) in [5, 5.41) is 5.53. The van der Waals surface area contributed by atoms with Gasteiger partial charge in [-0.2, -0.15) is 10.1 Å². The summed E-state index contributed by atoms with van der Waals surface area (Å²) >= 11 is 0. The van der Waals surface area contributed by atoms with Gasteiger partial charge in [0.1, 0.15) is 0 Å². The maximum absolute atomic E-state index is 11.7. The van der Waals surface area contributed by atoms with Crippen molar-refractivity contribution in [3.05, 3.63) is 18.6 Å². The molecule has 3 aromatic rings. The fourth-order valence-corrected chi connectivity index (χ4v) is 4.19. The van der Waals surface area contributed by atoms with Crippen LogP contribution in [-0.4, -0.2) is 79.9 Å². The number of carbonyl (C=O) groups excluding carboxylic acids is 1. The van der Waals surface area contributed by atoms with Crippen LogP contribution in [0.25, 0.3) is 22.3 Å². The Kier molecular flexibility index (Phi) is 5.10. The van der Waals surface area contributed by atoms with Gasteiger partial charge in [-0.05, 0) is 12.8 Å². The number of nitrogens with zero attached hydrogens (tertiary/aromatic N) is 8. The summed E-state index contributed by atoms with van der Waals surface area (Å²) in [6, 6.07) is 0.177. The summed E-state index contributed by atoms with van der Waals surface area (Å²) < 4.78 is 7.48. The minimum Gasteiger partial charge on any atom is -0.378 e. The molecular formula is C20H25N9O2. The molecule has 2 aliphatic heterocycles. The molecule has 162 valence electrons. The number of aromatic nitrogens is 6. The molecule has 2 aliphatic rings. The van der Waals surface area contributed by atoms with E-state index in [-0.39, 0.29) is 17.9 Å². The minimum atomic E-state index is 0.117. The normalized spacial score (nSPS) is 18.0. The minimum absolute atomic E-state index is 0.117. The molecule has 2 N–H and O–H groups in total. The van der Waals surface area contributed by atoms with Gasteiger partial charge in [0.2, 0.25) is 17.8 Å². The third-order valence-electron chi connectivity index (χ3n) is 5.94. The second kappa shape index (κ2) is 8.06. The summed E-state index contributed by atoms with van der Waals surface area (Å²) in [7, 11) is 0. The first kappa shape index (κ1) is 19.6. The average molecular weight is 423 g/mol. The van der Waals surface area contributed by atoms with E-state index in [0.717, 1.165) is 61.3 Å². The summed E-state index contributed by atoms with van der Waals surface area (Å²) in [5.41, 5.74) is 7.96. The van der Waals surface area contributed by atoms with Crippen LogP contribution >= 0.6 is 0 Å². The van der Waals surface area contributed by atoms with Gasteiger partial charge in [0.05, 0.1) is 36.5 Å². The van der Waals surface area contributed by atoms with Crippen LogP contribution in [-0.2, 0) is 9.53 Å². The Morgan fingerprint density at radius 2 is 1.77 bits per heavy atom. The first-order chi connectivity index (χ1) is 15.1. The van der Waals surface area contributed by atoms with Gasteiger partial charge in [0, 0.05) is 51.1 Å². The Hall–Kier alpha value is -3.34. The van der Waals surface area contributed by atoms with Gasteiger partial charge in [0.15, 0.2) is 5.65 Å². The van der Waals surface area contributed by atoms with Crippen molar-refractivity contribution in [3.63, 3.8) is 0 Å². The van der Waals surface area contributed by atoms with Gasteiger partial charge in [-0.1, -0.05) is 0 Å². The van der Waals surface area contributed by atoms with E-state index in [1.54, 1.807) is 19.3 Å². The number of nitrogen functional groups attached to an aromatic ring is 1. The Morgan fingerprint density at radius 3 is 2.45 bits per heavy atom. The number of ether oxygens (including phenoxy) is 1. The molecule has 0 bridgehead atoms. The highest BCUT2D eigenvalue weighted by molar-refractivity contribution is 5.91. The molecule has 0 radical (unpaired) electrons. The molecule has 2 fully saturated rings. The van der Waals surface area contributed by atoms with E-state index in [1.807, 2.05) is 15.8 Å². The lowest BCUT2D eigenvalue weighted by atomic mass is 10.1. The summed E-state index contributed by atoms with van der Waals surface area (Å²) in [4.78, 5) is 33.7. The molecule has 1 amide bonds. The van der Waals surface area contributed by atoms with Crippen LogP contribution in [0.3, 0.4) is 0 Å². The van der Waals surface area contributed by atoms with E-state index < -0.39 is 0 Å². The molecule has 0 aromatic carbocycles. The number of nitrogens with two attached hydrogens (primary N) is 1. The van der Waals surface area contributed by atoms with E-state index >= 15 is 0 Å². The quantitative estimate of drug-likeness (QED) is 0.653. The highest BCUT2D eigenvalue weighted by Gasteiger charge is 2.26. The predicted molar refractivity (Wildman–Crippen MR) is 114 cm³/mol. The van der Waals surface area contributed by atoms with Crippen LogP contribution < -0.4 is 10.6 Å².